The van der Waals surface area contributed by atoms with Crippen molar-refractivity contribution in [3.05, 3.63) is 0 Å². The molecule has 5 rings (SSSR count). The maximum Gasteiger partial charge on any atom is 0.312 e. The highest BCUT2D eigenvalue weighted by Gasteiger charge is 2.78. The van der Waals surface area contributed by atoms with E-state index in [1.54, 1.807) is 0 Å². The molecule has 4 saturated carbocycles. The topological polar surface area (TPSA) is 78.9 Å². The summed E-state index contributed by atoms with van der Waals surface area (Å²) in [6.45, 7) is 9.52. The van der Waals surface area contributed by atoms with Crippen molar-refractivity contribution >= 4 is 17.9 Å². The number of ether oxygens (including phenoxy) is 3. The Labute approximate surface area is 178 Å². The summed E-state index contributed by atoms with van der Waals surface area (Å²) >= 11 is 0. The van der Waals surface area contributed by atoms with Crippen LogP contribution in [0.2, 0.25) is 0 Å². The average molecular weight is 419 g/mol. The smallest absolute Gasteiger partial charge is 0.312 e. The van der Waals surface area contributed by atoms with E-state index in [4.69, 9.17) is 14.2 Å². The van der Waals surface area contributed by atoms with E-state index in [-0.39, 0.29) is 46.2 Å². The Hall–Kier alpha value is -1.59. The number of esters is 3. The van der Waals surface area contributed by atoms with E-state index in [0.717, 1.165) is 38.5 Å². The van der Waals surface area contributed by atoms with E-state index in [0.29, 0.717) is 12.3 Å². The zero-order valence-corrected chi connectivity index (χ0v) is 18.8. The summed E-state index contributed by atoms with van der Waals surface area (Å²) in [6.07, 6.45) is 5.36. The van der Waals surface area contributed by atoms with E-state index in [1.165, 1.54) is 13.8 Å². The molecule has 30 heavy (non-hydrogen) atoms. The zero-order chi connectivity index (χ0) is 21.7. The largest absolute Gasteiger partial charge is 0.462 e. The minimum absolute atomic E-state index is 0.0487. The second-order valence-electron chi connectivity index (χ2n) is 11.6. The van der Waals surface area contributed by atoms with Gasteiger partial charge in [0.15, 0.2) is 0 Å². The highest BCUT2D eigenvalue weighted by atomic mass is 16.6. The van der Waals surface area contributed by atoms with E-state index in [2.05, 4.69) is 20.8 Å². The van der Waals surface area contributed by atoms with Gasteiger partial charge in [0.05, 0.1) is 5.41 Å². The summed E-state index contributed by atoms with van der Waals surface area (Å²) in [5.74, 6) is -0.349. The molecule has 1 saturated heterocycles. The number of fused-ring (bicyclic) bond motifs is 2. The SMILES string of the molecule is CC(=O)O[C@@H]1C[C@@]23C[C@]1(C)CC[C@H]2[C@]1(C)CCC[C@@]2(C)C(=O)O[C@@H]([C@@H]3OC(C)=O)[C@@H]12. The molecule has 0 N–H and O–H groups in total. The molecule has 0 unspecified atom stereocenters. The van der Waals surface area contributed by atoms with Gasteiger partial charge in [-0.3, -0.25) is 14.4 Å². The molecule has 2 bridgehead atoms. The molecule has 9 atom stereocenters. The first-order chi connectivity index (χ1) is 14.0. The number of carbonyl (C=O) groups is 3. The van der Waals surface area contributed by atoms with Crippen LogP contribution in [0.25, 0.3) is 0 Å². The molecule has 0 radical (unpaired) electrons. The maximum absolute atomic E-state index is 13.1. The summed E-state index contributed by atoms with van der Waals surface area (Å²) in [5, 5.41) is 0. The van der Waals surface area contributed by atoms with Crippen LogP contribution in [0.15, 0.2) is 0 Å². The zero-order valence-electron chi connectivity index (χ0n) is 18.8. The van der Waals surface area contributed by atoms with Crippen molar-refractivity contribution in [1.29, 1.82) is 0 Å². The van der Waals surface area contributed by atoms with Crippen LogP contribution in [0.3, 0.4) is 0 Å². The third-order valence-corrected chi connectivity index (χ3v) is 9.88. The van der Waals surface area contributed by atoms with E-state index in [1.807, 2.05) is 0 Å². The van der Waals surface area contributed by atoms with Crippen LogP contribution < -0.4 is 0 Å². The van der Waals surface area contributed by atoms with Gasteiger partial charge >= 0.3 is 17.9 Å². The van der Waals surface area contributed by atoms with E-state index >= 15 is 0 Å². The van der Waals surface area contributed by atoms with Gasteiger partial charge in [0.25, 0.3) is 0 Å². The summed E-state index contributed by atoms with van der Waals surface area (Å²) in [4.78, 5) is 37.2. The third-order valence-electron chi connectivity index (χ3n) is 9.88. The Morgan fingerprint density at radius 1 is 1.03 bits per heavy atom. The molecular formula is C24H34O6. The lowest BCUT2D eigenvalue weighted by atomic mass is 9.39. The molecule has 1 aliphatic heterocycles. The van der Waals surface area contributed by atoms with E-state index < -0.39 is 17.6 Å². The first kappa shape index (κ1) is 20.3. The Kier molecular flexibility index (Phi) is 4.07. The molecule has 1 spiro atoms. The molecule has 0 aromatic rings. The summed E-state index contributed by atoms with van der Waals surface area (Å²) in [6, 6.07) is 0. The second-order valence-corrected chi connectivity index (χ2v) is 11.6. The minimum Gasteiger partial charge on any atom is -0.462 e. The molecule has 4 aliphatic carbocycles. The number of rotatable bonds is 2. The Bertz CT molecular complexity index is 823. The molecule has 0 aromatic carbocycles. The van der Waals surface area contributed by atoms with Gasteiger partial charge < -0.3 is 14.2 Å². The van der Waals surface area contributed by atoms with Crippen molar-refractivity contribution < 1.29 is 28.6 Å². The predicted octanol–water partition coefficient (Wildman–Crippen LogP) is 3.80. The lowest BCUT2D eigenvalue weighted by molar-refractivity contribution is -0.235. The van der Waals surface area contributed by atoms with Gasteiger partial charge in [-0.25, -0.2) is 0 Å². The van der Waals surface area contributed by atoms with Crippen LogP contribution in [0, 0.1) is 33.5 Å². The van der Waals surface area contributed by atoms with Crippen molar-refractivity contribution in [3.63, 3.8) is 0 Å². The molecule has 5 aliphatic rings. The lowest BCUT2D eigenvalue weighted by Gasteiger charge is -2.64. The van der Waals surface area contributed by atoms with Gasteiger partial charge in [-0.2, -0.15) is 0 Å². The van der Waals surface area contributed by atoms with Crippen LogP contribution in [-0.2, 0) is 28.6 Å². The maximum atomic E-state index is 13.1. The fourth-order valence-electron chi connectivity index (χ4n) is 9.08. The summed E-state index contributed by atoms with van der Waals surface area (Å²) < 4.78 is 17.9. The normalized spacial score (nSPS) is 53.4. The van der Waals surface area contributed by atoms with Crippen LogP contribution >= 0.6 is 0 Å². The first-order valence-corrected chi connectivity index (χ1v) is 11.5. The van der Waals surface area contributed by atoms with Gasteiger partial charge in [-0.05, 0) is 56.8 Å². The van der Waals surface area contributed by atoms with Crippen LogP contribution in [0.4, 0.5) is 0 Å². The first-order valence-electron chi connectivity index (χ1n) is 11.5. The van der Waals surface area contributed by atoms with Crippen molar-refractivity contribution in [2.45, 2.75) is 97.9 Å². The van der Waals surface area contributed by atoms with Crippen LogP contribution in [-0.4, -0.2) is 36.2 Å². The van der Waals surface area contributed by atoms with Crippen molar-refractivity contribution in [2.24, 2.45) is 33.5 Å². The molecule has 0 amide bonds. The minimum atomic E-state index is -0.508. The Morgan fingerprint density at radius 3 is 2.40 bits per heavy atom. The highest BCUT2D eigenvalue weighted by molar-refractivity contribution is 5.80. The molecular weight excluding hydrogens is 384 g/mol. The number of carbonyl (C=O) groups excluding carboxylic acids is 3. The molecule has 5 fully saturated rings. The monoisotopic (exact) mass is 418 g/mol. The second kappa shape index (κ2) is 6.01. The molecule has 0 aromatic heterocycles. The Balaban J connectivity index is 1.66. The van der Waals surface area contributed by atoms with Gasteiger partial charge in [0.2, 0.25) is 0 Å². The lowest BCUT2D eigenvalue weighted by Crippen LogP contribution is -2.66. The number of hydrogen-bond donors (Lipinski definition) is 0. The van der Waals surface area contributed by atoms with Gasteiger partial charge in [0, 0.05) is 30.6 Å². The standard InChI is InChI=1S/C24H34O6/c1-13(25)28-16-11-24-12-21(16,3)10-7-15(24)22(4)8-6-9-23(5)18(22)17(30-20(23)27)19(24)29-14(2)26/h15-19H,6-12H2,1-5H3/t15-,16+,17+,18-,19-,21-,22-,23+,24+/m0/s1. The molecule has 166 valence electrons. The molecule has 1 heterocycles. The highest BCUT2D eigenvalue weighted by Crippen LogP contribution is 2.76. The van der Waals surface area contributed by atoms with Crippen LogP contribution in [0.5, 0.6) is 0 Å². The summed E-state index contributed by atoms with van der Waals surface area (Å²) in [7, 11) is 0. The quantitative estimate of drug-likeness (QED) is 0.501. The van der Waals surface area contributed by atoms with Crippen LogP contribution in [0.1, 0.15) is 79.6 Å². The number of hydrogen-bond acceptors (Lipinski definition) is 6. The fraction of sp³-hybridized carbons (Fsp3) is 0.875. The molecule has 6 nitrogen and oxygen atoms in total. The Morgan fingerprint density at radius 2 is 1.73 bits per heavy atom. The molecule has 6 heteroatoms. The average Bonchev–Trinajstić information content (AvgIpc) is 3.01. The third kappa shape index (κ3) is 2.34. The van der Waals surface area contributed by atoms with Gasteiger partial charge in [0.1, 0.15) is 18.3 Å². The van der Waals surface area contributed by atoms with Gasteiger partial charge in [-0.1, -0.05) is 20.3 Å². The fourth-order valence-corrected chi connectivity index (χ4v) is 9.08. The summed E-state index contributed by atoms with van der Waals surface area (Å²) in [5.41, 5.74) is -1.01. The van der Waals surface area contributed by atoms with E-state index in [9.17, 15) is 14.4 Å². The van der Waals surface area contributed by atoms with Crippen molar-refractivity contribution in [1.82, 2.24) is 0 Å². The van der Waals surface area contributed by atoms with Crippen molar-refractivity contribution in [3.8, 4) is 0 Å². The van der Waals surface area contributed by atoms with Crippen molar-refractivity contribution in [2.75, 3.05) is 0 Å². The van der Waals surface area contributed by atoms with Gasteiger partial charge in [-0.15, -0.1) is 0 Å². The predicted molar refractivity (Wildman–Crippen MR) is 107 cm³/mol.